The first-order valence-corrected chi connectivity index (χ1v) is 7.80. The number of carbonyl (C=O) groups excluding carboxylic acids is 2. The Morgan fingerprint density at radius 1 is 1.20 bits per heavy atom. The molecule has 2 amide bonds. The summed E-state index contributed by atoms with van der Waals surface area (Å²) in [6.45, 7) is 2.04. The third-order valence-electron chi connectivity index (χ3n) is 3.92. The van der Waals surface area contributed by atoms with Crippen molar-refractivity contribution < 1.29 is 22.8 Å². The van der Waals surface area contributed by atoms with E-state index in [1.165, 1.54) is 12.1 Å². The largest absolute Gasteiger partial charge is 0.417 e. The summed E-state index contributed by atoms with van der Waals surface area (Å²) in [7, 11) is 0. The zero-order valence-corrected chi connectivity index (χ0v) is 14.3. The SMILES string of the molecule is Cl.O=C(CNC(=O)c1ccccc1C(F)(F)F)NCCC1CCNC1. The minimum atomic E-state index is -4.62. The fourth-order valence-corrected chi connectivity index (χ4v) is 2.62. The Labute approximate surface area is 150 Å². The third-order valence-corrected chi connectivity index (χ3v) is 3.92. The van der Waals surface area contributed by atoms with E-state index in [0.717, 1.165) is 38.1 Å². The van der Waals surface area contributed by atoms with Crippen molar-refractivity contribution in [3.63, 3.8) is 0 Å². The van der Waals surface area contributed by atoms with E-state index >= 15 is 0 Å². The van der Waals surface area contributed by atoms with E-state index < -0.39 is 29.1 Å². The van der Waals surface area contributed by atoms with Crippen molar-refractivity contribution in [3.05, 3.63) is 35.4 Å². The molecule has 9 heteroatoms. The van der Waals surface area contributed by atoms with Crippen molar-refractivity contribution in [3.8, 4) is 0 Å². The minimum absolute atomic E-state index is 0. The lowest BCUT2D eigenvalue weighted by atomic mass is 10.1. The molecule has 1 atom stereocenters. The van der Waals surface area contributed by atoms with Crippen LogP contribution >= 0.6 is 12.4 Å². The molecule has 0 spiro atoms. The number of halogens is 4. The maximum absolute atomic E-state index is 12.9. The molecule has 140 valence electrons. The monoisotopic (exact) mass is 379 g/mol. The van der Waals surface area contributed by atoms with Gasteiger partial charge in [-0.05, 0) is 44.0 Å². The summed E-state index contributed by atoms with van der Waals surface area (Å²) >= 11 is 0. The number of benzene rings is 1. The van der Waals surface area contributed by atoms with Crippen molar-refractivity contribution in [1.82, 2.24) is 16.0 Å². The Hall–Kier alpha value is -1.80. The standard InChI is InChI=1S/C16H20F3N3O2.ClH/c17-16(18,19)13-4-2-1-3-12(13)15(24)22-10-14(23)21-8-6-11-5-7-20-9-11;/h1-4,11,20H,5-10H2,(H,21,23)(H,22,24);1H. The van der Waals surface area contributed by atoms with Crippen LogP contribution in [-0.4, -0.2) is 38.0 Å². The van der Waals surface area contributed by atoms with Crippen LogP contribution in [0.25, 0.3) is 0 Å². The molecule has 1 aromatic carbocycles. The molecule has 0 aliphatic carbocycles. The molecule has 3 N–H and O–H groups in total. The van der Waals surface area contributed by atoms with Crippen molar-refractivity contribution in [2.75, 3.05) is 26.2 Å². The van der Waals surface area contributed by atoms with Gasteiger partial charge in [0.05, 0.1) is 17.7 Å². The molecule has 0 radical (unpaired) electrons. The van der Waals surface area contributed by atoms with E-state index in [1.54, 1.807) is 0 Å². The smallest absolute Gasteiger partial charge is 0.355 e. The zero-order valence-electron chi connectivity index (χ0n) is 13.5. The van der Waals surface area contributed by atoms with Gasteiger partial charge in [-0.1, -0.05) is 12.1 Å². The quantitative estimate of drug-likeness (QED) is 0.707. The summed E-state index contributed by atoms with van der Waals surface area (Å²) in [6.07, 6.45) is -2.71. The Morgan fingerprint density at radius 3 is 2.56 bits per heavy atom. The van der Waals surface area contributed by atoms with Gasteiger partial charge < -0.3 is 16.0 Å². The summed E-state index contributed by atoms with van der Waals surface area (Å²) in [5, 5.41) is 8.11. The van der Waals surface area contributed by atoms with Gasteiger partial charge in [0, 0.05) is 6.54 Å². The molecule has 0 saturated carbocycles. The van der Waals surface area contributed by atoms with Crippen molar-refractivity contribution >= 4 is 24.2 Å². The number of nitrogens with one attached hydrogen (secondary N) is 3. The number of carbonyl (C=O) groups is 2. The topological polar surface area (TPSA) is 70.2 Å². The molecular weight excluding hydrogens is 359 g/mol. The maximum Gasteiger partial charge on any atom is 0.417 e. The molecule has 0 bridgehead atoms. The highest BCUT2D eigenvalue weighted by Crippen LogP contribution is 2.31. The normalized spacial score (nSPS) is 16.8. The number of alkyl halides is 3. The molecule has 1 unspecified atom stereocenters. The van der Waals surface area contributed by atoms with Crippen LogP contribution < -0.4 is 16.0 Å². The lowest BCUT2D eigenvalue weighted by molar-refractivity contribution is -0.137. The van der Waals surface area contributed by atoms with Gasteiger partial charge in [-0.25, -0.2) is 0 Å². The summed E-state index contributed by atoms with van der Waals surface area (Å²) in [4.78, 5) is 23.6. The molecular formula is C16H21ClF3N3O2. The minimum Gasteiger partial charge on any atom is -0.355 e. The lowest BCUT2D eigenvalue weighted by Crippen LogP contribution is -2.38. The van der Waals surface area contributed by atoms with Gasteiger partial charge in [-0.2, -0.15) is 13.2 Å². The Kier molecular flexibility index (Phi) is 8.18. The van der Waals surface area contributed by atoms with E-state index in [0.29, 0.717) is 12.5 Å². The average Bonchev–Trinajstić information content (AvgIpc) is 3.05. The molecule has 2 rings (SSSR count). The fraction of sp³-hybridized carbons (Fsp3) is 0.500. The highest BCUT2D eigenvalue weighted by atomic mass is 35.5. The maximum atomic E-state index is 12.9. The van der Waals surface area contributed by atoms with Gasteiger partial charge in [0.25, 0.3) is 5.91 Å². The van der Waals surface area contributed by atoms with E-state index in [-0.39, 0.29) is 19.0 Å². The summed E-state index contributed by atoms with van der Waals surface area (Å²) < 4.78 is 38.6. The van der Waals surface area contributed by atoms with Gasteiger partial charge in [-0.3, -0.25) is 9.59 Å². The first-order chi connectivity index (χ1) is 11.4. The van der Waals surface area contributed by atoms with Crippen molar-refractivity contribution in [1.29, 1.82) is 0 Å². The number of hydrogen-bond donors (Lipinski definition) is 3. The first-order valence-electron chi connectivity index (χ1n) is 7.80. The number of amides is 2. The highest BCUT2D eigenvalue weighted by Gasteiger charge is 2.34. The molecule has 1 fully saturated rings. The first kappa shape index (κ1) is 21.2. The number of rotatable bonds is 6. The zero-order chi connectivity index (χ0) is 17.6. The van der Waals surface area contributed by atoms with Crippen molar-refractivity contribution in [2.45, 2.75) is 19.0 Å². The van der Waals surface area contributed by atoms with Crippen LogP contribution in [0.15, 0.2) is 24.3 Å². The van der Waals surface area contributed by atoms with Crippen LogP contribution in [-0.2, 0) is 11.0 Å². The van der Waals surface area contributed by atoms with Crippen LogP contribution in [0.3, 0.4) is 0 Å². The van der Waals surface area contributed by atoms with Gasteiger partial charge in [-0.15, -0.1) is 12.4 Å². The summed E-state index contributed by atoms with van der Waals surface area (Å²) in [6, 6.07) is 4.48. The van der Waals surface area contributed by atoms with Crippen LogP contribution in [0.2, 0.25) is 0 Å². The molecule has 1 saturated heterocycles. The second-order valence-electron chi connectivity index (χ2n) is 5.72. The van der Waals surface area contributed by atoms with E-state index in [9.17, 15) is 22.8 Å². The Bertz CT molecular complexity index is 590. The molecule has 0 aromatic heterocycles. The molecule has 5 nitrogen and oxygen atoms in total. The van der Waals surface area contributed by atoms with Crippen LogP contribution in [0.1, 0.15) is 28.8 Å². The third kappa shape index (κ3) is 6.55. The predicted molar refractivity (Wildman–Crippen MR) is 89.6 cm³/mol. The Morgan fingerprint density at radius 2 is 1.92 bits per heavy atom. The van der Waals surface area contributed by atoms with Crippen LogP contribution in [0, 0.1) is 5.92 Å². The van der Waals surface area contributed by atoms with Crippen LogP contribution in [0.5, 0.6) is 0 Å². The summed E-state index contributed by atoms with van der Waals surface area (Å²) in [5.74, 6) is -0.810. The van der Waals surface area contributed by atoms with Gasteiger partial charge in [0.2, 0.25) is 5.91 Å². The second-order valence-corrected chi connectivity index (χ2v) is 5.72. The second kappa shape index (κ2) is 9.62. The van der Waals surface area contributed by atoms with Crippen molar-refractivity contribution in [2.24, 2.45) is 5.92 Å². The fourth-order valence-electron chi connectivity index (χ4n) is 2.62. The highest BCUT2D eigenvalue weighted by molar-refractivity contribution is 5.97. The molecule has 25 heavy (non-hydrogen) atoms. The van der Waals surface area contributed by atoms with E-state index in [4.69, 9.17) is 0 Å². The van der Waals surface area contributed by atoms with Crippen LogP contribution in [0.4, 0.5) is 13.2 Å². The van der Waals surface area contributed by atoms with Gasteiger partial charge >= 0.3 is 6.18 Å². The molecule has 1 aliphatic rings. The lowest BCUT2D eigenvalue weighted by Gasteiger charge is -2.13. The van der Waals surface area contributed by atoms with E-state index in [2.05, 4.69) is 16.0 Å². The average molecular weight is 380 g/mol. The molecule has 1 heterocycles. The Balaban J connectivity index is 0.00000312. The van der Waals surface area contributed by atoms with Gasteiger partial charge in [0.1, 0.15) is 0 Å². The predicted octanol–water partition coefficient (Wildman–Crippen LogP) is 1.97. The molecule has 1 aromatic rings. The number of hydrogen-bond acceptors (Lipinski definition) is 3. The summed E-state index contributed by atoms with van der Waals surface area (Å²) in [5.41, 5.74) is -1.51. The van der Waals surface area contributed by atoms with Gasteiger partial charge in [0.15, 0.2) is 0 Å². The van der Waals surface area contributed by atoms with E-state index in [1.807, 2.05) is 0 Å². The molecule has 1 aliphatic heterocycles.